The summed E-state index contributed by atoms with van der Waals surface area (Å²) in [5.41, 5.74) is -0.0916. The number of hydrogen-bond donors (Lipinski definition) is 2. The smallest absolute Gasteiger partial charge is 0.353 e. The predicted molar refractivity (Wildman–Crippen MR) is 112 cm³/mol. The zero-order valence-electron chi connectivity index (χ0n) is 17.8. The molecule has 1 aromatic rings. The molecule has 1 aromatic heterocycles. The molecule has 2 saturated heterocycles. The van der Waals surface area contributed by atoms with Crippen molar-refractivity contribution in [3.63, 3.8) is 0 Å². The van der Waals surface area contributed by atoms with Crippen LogP contribution in [0.2, 0.25) is 0 Å². The lowest BCUT2D eigenvalue weighted by molar-refractivity contribution is -0.383. The first-order valence-electron chi connectivity index (χ1n) is 10.4. The number of hydrogen-bond acceptors (Lipinski definition) is 7. The standard InChI is InChI=1S/C20H34N6O2/c1-6-15-9-7-8-10-25(15)18-16(26(27)28)17(21-13-22-18)23-14-11-19(2,3)24-20(4,5)12-14/h13-15,24H,6-12H2,1-5H3,(H,21,22,23). The molecule has 0 spiro atoms. The molecule has 3 rings (SSSR count). The Bertz CT molecular complexity index is 705. The zero-order valence-corrected chi connectivity index (χ0v) is 17.8. The lowest BCUT2D eigenvalue weighted by Crippen LogP contribution is -2.60. The van der Waals surface area contributed by atoms with Gasteiger partial charge in [0.2, 0.25) is 11.6 Å². The highest BCUT2D eigenvalue weighted by Crippen LogP contribution is 2.38. The van der Waals surface area contributed by atoms with Gasteiger partial charge in [-0.2, -0.15) is 0 Å². The molecule has 0 radical (unpaired) electrons. The van der Waals surface area contributed by atoms with Gasteiger partial charge in [-0.1, -0.05) is 6.92 Å². The van der Waals surface area contributed by atoms with E-state index in [4.69, 9.17) is 0 Å². The first-order chi connectivity index (χ1) is 13.1. The highest BCUT2D eigenvalue weighted by molar-refractivity contribution is 5.71. The molecule has 0 aliphatic carbocycles. The van der Waals surface area contributed by atoms with Crippen LogP contribution in [0.1, 0.15) is 73.1 Å². The van der Waals surface area contributed by atoms with Crippen LogP contribution < -0.4 is 15.5 Å². The van der Waals surface area contributed by atoms with E-state index in [9.17, 15) is 10.1 Å². The molecule has 2 N–H and O–H groups in total. The third kappa shape index (κ3) is 4.54. The Morgan fingerprint density at radius 1 is 1.25 bits per heavy atom. The number of nitrogens with zero attached hydrogens (tertiary/aromatic N) is 4. The van der Waals surface area contributed by atoms with Gasteiger partial charge in [-0.15, -0.1) is 0 Å². The van der Waals surface area contributed by atoms with Crippen LogP contribution in [0.3, 0.4) is 0 Å². The summed E-state index contributed by atoms with van der Waals surface area (Å²) in [4.78, 5) is 22.5. The van der Waals surface area contributed by atoms with E-state index in [0.717, 1.165) is 45.1 Å². The Hall–Kier alpha value is -1.96. The Morgan fingerprint density at radius 3 is 2.54 bits per heavy atom. The number of rotatable bonds is 5. The minimum atomic E-state index is -0.323. The molecule has 28 heavy (non-hydrogen) atoms. The van der Waals surface area contributed by atoms with Crippen molar-refractivity contribution >= 4 is 17.3 Å². The summed E-state index contributed by atoms with van der Waals surface area (Å²) in [6, 6.07) is 0.406. The number of nitro groups is 1. The third-order valence-electron chi connectivity index (χ3n) is 5.89. The first-order valence-corrected chi connectivity index (χ1v) is 10.4. The Balaban J connectivity index is 1.92. The predicted octanol–water partition coefficient (Wildman–Crippen LogP) is 3.87. The Labute approximate surface area is 167 Å². The molecule has 0 amide bonds. The minimum absolute atomic E-state index is 0.0111. The topological polar surface area (TPSA) is 96.2 Å². The number of aromatic nitrogens is 2. The summed E-state index contributed by atoms with van der Waals surface area (Å²) in [6.07, 6.45) is 7.42. The molecule has 1 atom stereocenters. The number of nitrogens with one attached hydrogen (secondary N) is 2. The third-order valence-corrected chi connectivity index (χ3v) is 5.89. The molecular weight excluding hydrogens is 356 g/mol. The molecule has 0 aromatic carbocycles. The van der Waals surface area contributed by atoms with E-state index in [1.165, 1.54) is 6.33 Å². The van der Waals surface area contributed by atoms with Crippen LogP contribution in [0.4, 0.5) is 17.3 Å². The second-order valence-electron chi connectivity index (χ2n) is 9.55. The van der Waals surface area contributed by atoms with Crippen LogP contribution in [-0.4, -0.2) is 44.6 Å². The molecule has 2 aliphatic heterocycles. The van der Waals surface area contributed by atoms with Gasteiger partial charge in [0.1, 0.15) is 6.33 Å². The van der Waals surface area contributed by atoms with E-state index < -0.39 is 0 Å². The van der Waals surface area contributed by atoms with Crippen LogP contribution in [0.15, 0.2) is 6.33 Å². The molecule has 3 heterocycles. The normalized spacial score (nSPS) is 24.8. The lowest BCUT2D eigenvalue weighted by atomic mass is 9.79. The van der Waals surface area contributed by atoms with E-state index in [1.54, 1.807) is 0 Å². The largest absolute Gasteiger partial charge is 0.361 e. The van der Waals surface area contributed by atoms with Crippen molar-refractivity contribution in [1.82, 2.24) is 15.3 Å². The van der Waals surface area contributed by atoms with Crippen LogP contribution in [0.5, 0.6) is 0 Å². The highest BCUT2D eigenvalue weighted by atomic mass is 16.6. The first kappa shape index (κ1) is 20.8. The minimum Gasteiger partial charge on any atom is -0.361 e. The second-order valence-corrected chi connectivity index (χ2v) is 9.55. The molecule has 8 heteroatoms. The SMILES string of the molecule is CCC1CCCCN1c1ncnc(NC2CC(C)(C)NC(C)(C)C2)c1[N+](=O)[O-]. The van der Waals surface area contributed by atoms with Crippen molar-refractivity contribution in [2.75, 3.05) is 16.8 Å². The summed E-state index contributed by atoms with van der Waals surface area (Å²) in [7, 11) is 0. The van der Waals surface area contributed by atoms with Gasteiger partial charge in [-0.3, -0.25) is 10.1 Å². The van der Waals surface area contributed by atoms with Crippen LogP contribution >= 0.6 is 0 Å². The Morgan fingerprint density at radius 2 is 1.93 bits per heavy atom. The van der Waals surface area contributed by atoms with Gasteiger partial charge in [-0.25, -0.2) is 9.97 Å². The average molecular weight is 391 g/mol. The fourth-order valence-electron chi connectivity index (χ4n) is 5.17. The second kappa shape index (κ2) is 7.81. The summed E-state index contributed by atoms with van der Waals surface area (Å²) < 4.78 is 0. The van der Waals surface area contributed by atoms with Crippen molar-refractivity contribution in [3.8, 4) is 0 Å². The zero-order chi connectivity index (χ0) is 20.5. The van der Waals surface area contributed by atoms with E-state index >= 15 is 0 Å². The van der Waals surface area contributed by atoms with E-state index in [2.05, 4.69) is 60.1 Å². The fraction of sp³-hybridized carbons (Fsp3) is 0.800. The fourth-order valence-corrected chi connectivity index (χ4v) is 5.17. The van der Waals surface area contributed by atoms with E-state index in [1.807, 2.05) is 0 Å². The summed E-state index contributed by atoms with van der Waals surface area (Å²) in [5, 5.41) is 19.1. The quantitative estimate of drug-likeness (QED) is 0.582. The summed E-state index contributed by atoms with van der Waals surface area (Å²) in [6.45, 7) is 11.6. The molecule has 2 aliphatic rings. The molecule has 156 valence electrons. The van der Waals surface area contributed by atoms with Gasteiger partial charge < -0.3 is 15.5 Å². The van der Waals surface area contributed by atoms with Gasteiger partial charge in [0.25, 0.3) is 0 Å². The Kier molecular flexibility index (Phi) is 5.79. The molecular formula is C20H34N6O2. The number of anilines is 2. The van der Waals surface area contributed by atoms with Gasteiger partial charge >= 0.3 is 5.69 Å². The van der Waals surface area contributed by atoms with Crippen molar-refractivity contribution in [3.05, 3.63) is 16.4 Å². The highest BCUT2D eigenvalue weighted by Gasteiger charge is 2.39. The number of piperidine rings is 2. The van der Waals surface area contributed by atoms with Gasteiger partial charge in [0, 0.05) is 29.7 Å². The molecule has 8 nitrogen and oxygen atoms in total. The van der Waals surface area contributed by atoms with Crippen molar-refractivity contribution in [2.24, 2.45) is 0 Å². The van der Waals surface area contributed by atoms with E-state index in [-0.39, 0.29) is 27.7 Å². The van der Waals surface area contributed by atoms with Crippen LogP contribution in [0.25, 0.3) is 0 Å². The molecule has 0 bridgehead atoms. The maximum Gasteiger partial charge on any atom is 0.353 e. The lowest BCUT2D eigenvalue weighted by Gasteiger charge is -2.46. The van der Waals surface area contributed by atoms with Crippen molar-refractivity contribution < 1.29 is 4.92 Å². The monoisotopic (exact) mass is 390 g/mol. The molecule has 2 fully saturated rings. The average Bonchev–Trinajstić information content (AvgIpc) is 2.58. The van der Waals surface area contributed by atoms with Crippen molar-refractivity contribution in [2.45, 2.75) is 96.3 Å². The maximum atomic E-state index is 12.0. The maximum absolute atomic E-state index is 12.0. The van der Waals surface area contributed by atoms with Gasteiger partial charge in [-0.05, 0) is 66.2 Å². The van der Waals surface area contributed by atoms with Crippen LogP contribution in [0, 0.1) is 10.1 Å². The summed E-state index contributed by atoms with van der Waals surface area (Å²) >= 11 is 0. The van der Waals surface area contributed by atoms with E-state index in [0.29, 0.717) is 17.7 Å². The van der Waals surface area contributed by atoms with Gasteiger partial charge in [0.05, 0.1) is 4.92 Å². The van der Waals surface area contributed by atoms with Crippen molar-refractivity contribution in [1.29, 1.82) is 0 Å². The molecule has 0 saturated carbocycles. The molecule has 1 unspecified atom stereocenters. The van der Waals surface area contributed by atoms with Crippen LogP contribution in [-0.2, 0) is 0 Å². The van der Waals surface area contributed by atoms with Gasteiger partial charge in [0.15, 0.2) is 0 Å². The summed E-state index contributed by atoms with van der Waals surface area (Å²) in [5.74, 6) is 0.801.